The summed E-state index contributed by atoms with van der Waals surface area (Å²) < 4.78 is 19.4. The van der Waals surface area contributed by atoms with Gasteiger partial charge in [0.2, 0.25) is 11.8 Å². The van der Waals surface area contributed by atoms with Gasteiger partial charge in [-0.15, -0.1) is 0 Å². The van der Waals surface area contributed by atoms with Crippen molar-refractivity contribution in [1.82, 2.24) is 15.2 Å². The monoisotopic (exact) mass is 681 g/mol. The average molecular weight is 682 g/mol. The molecule has 10 heteroatoms. The fourth-order valence-corrected chi connectivity index (χ4v) is 8.52. The Morgan fingerprint density at radius 1 is 1.02 bits per heavy atom. The van der Waals surface area contributed by atoms with Crippen LogP contribution < -0.4 is 14.8 Å². The van der Waals surface area contributed by atoms with E-state index in [1.165, 1.54) is 4.90 Å². The molecule has 10 nitrogen and oxygen atoms in total. The molecule has 2 saturated carbocycles. The van der Waals surface area contributed by atoms with Crippen molar-refractivity contribution in [3.63, 3.8) is 0 Å². The van der Waals surface area contributed by atoms with E-state index in [2.05, 4.69) is 17.5 Å². The lowest BCUT2D eigenvalue weighted by atomic mass is 9.88. The molecule has 0 spiro atoms. The highest BCUT2D eigenvalue weighted by molar-refractivity contribution is 5.90. The van der Waals surface area contributed by atoms with Gasteiger partial charge in [-0.25, -0.2) is 14.6 Å². The molecule has 2 bridgehead atoms. The minimum Gasteiger partial charge on any atom is -0.488 e. The fourth-order valence-electron chi connectivity index (χ4n) is 8.52. The Labute approximate surface area is 293 Å². The maximum absolute atomic E-state index is 14.3. The van der Waals surface area contributed by atoms with Crippen LogP contribution in [0.15, 0.2) is 66.7 Å². The van der Waals surface area contributed by atoms with Crippen molar-refractivity contribution in [3.05, 3.63) is 77.9 Å². The van der Waals surface area contributed by atoms with Crippen molar-refractivity contribution >= 4 is 28.9 Å². The minimum absolute atomic E-state index is 0.0551. The number of nitrogens with one attached hydrogen (secondary N) is 1. The molecule has 1 aromatic heterocycles. The number of carbonyl (C=O) groups is 3. The van der Waals surface area contributed by atoms with Crippen LogP contribution in [0.4, 0.5) is 4.79 Å². The molecule has 2 amide bonds. The fraction of sp³-hybridized carbons (Fsp3) is 0.500. The average Bonchev–Trinajstić information content (AvgIpc) is 3.87. The molecule has 2 N–H and O–H groups in total. The number of amides is 2. The number of nitrogens with zero attached hydrogens (tertiary/aromatic N) is 2. The first-order valence-corrected chi connectivity index (χ1v) is 18.2. The van der Waals surface area contributed by atoms with Gasteiger partial charge in [0.25, 0.3) is 0 Å². The highest BCUT2D eigenvalue weighted by atomic mass is 16.6. The number of para-hydroxylation sites is 1. The lowest BCUT2D eigenvalue weighted by Gasteiger charge is -2.34. The summed E-state index contributed by atoms with van der Waals surface area (Å²) in [6.45, 7) is 2.41. The largest absolute Gasteiger partial charge is 0.488 e. The van der Waals surface area contributed by atoms with Gasteiger partial charge < -0.3 is 29.5 Å². The summed E-state index contributed by atoms with van der Waals surface area (Å²) in [6.07, 6.45) is 11.4. The molecule has 2 aromatic carbocycles. The second-order valence-corrected chi connectivity index (χ2v) is 14.5. The maximum atomic E-state index is 14.3. The van der Waals surface area contributed by atoms with Gasteiger partial charge in [-0.05, 0) is 87.8 Å². The molecule has 0 radical (unpaired) electrons. The van der Waals surface area contributed by atoms with E-state index in [9.17, 15) is 19.5 Å². The van der Waals surface area contributed by atoms with Crippen molar-refractivity contribution in [3.8, 4) is 11.6 Å². The summed E-state index contributed by atoms with van der Waals surface area (Å²) in [6, 6.07) is 15.8. The van der Waals surface area contributed by atoms with Crippen LogP contribution in [0.1, 0.15) is 82.3 Å². The number of alkyl carbamates (subject to hydrolysis) is 1. The molecule has 3 fully saturated rings. The zero-order valence-corrected chi connectivity index (χ0v) is 28.7. The Kier molecular flexibility index (Phi) is 9.97. The molecular formula is C40H47N3O7. The molecule has 7 rings (SSSR count). The number of fused-ring (bicyclic) bond motifs is 5. The zero-order valence-electron chi connectivity index (χ0n) is 28.7. The first-order valence-electron chi connectivity index (χ1n) is 18.2. The summed E-state index contributed by atoms with van der Waals surface area (Å²) in [5.74, 6) is -0.369. The van der Waals surface area contributed by atoms with Crippen molar-refractivity contribution < 1.29 is 33.7 Å². The molecular weight excluding hydrogens is 634 g/mol. The number of carboxylic acids is 1. The van der Waals surface area contributed by atoms with Crippen LogP contribution in [0.5, 0.6) is 11.6 Å². The second-order valence-electron chi connectivity index (χ2n) is 14.5. The van der Waals surface area contributed by atoms with Crippen molar-refractivity contribution in [2.24, 2.45) is 11.8 Å². The molecule has 3 aromatic rings. The lowest BCUT2D eigenvalue weighted by Crippen LogP contribution is -2.55. The molecule has 50 heavy (non-hydrogen) atoms. The van der Waals surface area contributed by atoms with Gasteiger partial charge in [0.15, 0.2) is 0 Å². The number of hydrogen-bond donors (Lipinski definition) is 2. The van der Waals surface area contributed by atoms with Crippen molar-refractivity contribution in [2.45, 2.75) is 108 Å². The van der Waals surface area contributed by atoms with Crippen LogP contribution in [0.3, 0.4) is 0 Å². The van der Waals surface area contributed by atoms with E-state index >= 15 is 0 Å². The van der Waals surface area contributed by atoms with E-state index in [1.807, 2.05) is 61.5 Å². The Bertz CT molecular complexity index is 1740. The van der Waals surface area contributed by atoms with Crippen LogP contribution >= 0.6 is 0 Å². The number of aliphatic carboxylic acids is 1. The van der Waals surface area contributed by atoms with Crippen LogP contribution in [0.2, 0.25) is 0 Å². The van der Waals surface area contributed by atoms with E-state index in [0.29, 0.717) is 30.2 Å². The number of pyridine rings is 1. The third-order valence-corrected chi connectivity index (χ3v) is 11.2. The van der Waals surface area contributed by atoms with Gasteiger partial charge in [0.1, 0.15) is 36.1 Å². The molecule has 0 unspecified atom stereocenters. The Hall–Kier alpha value is -4.60. The summed E-state index contributed by atoms with van der Waals surface area (Å²) in [4.78, 5) is 46.8. The molecule has 264 valence electrons. The van der Waals surface area contributed by atoms with Crippen molar-refractivity contribution in [2.75, 3.05) is 6.54 Å². The predicted molar refractivity (Wildman–Crippen MR) is 188 cm³/mol. The number of benzene rings is 2. The first kappa shape index (κ1) is 33.9. The Balaban J connectivity index is 1.27. The molecule has 5 atom stereocenters. The van der Waals surface area contributed by atoms with Crippen molar-refractivity contribution in [1.29, 1.82) is 0 Å². The molecule has 3 heterocycles. The van der Waals surface area contributed by atoms with Gasteiger partial charge in [0, 0.05) is 11.8 Å². The van der Waals surface area contributed by atoms with Gasteiger partial charge in [-0.2, -0.15) is 0 Å². The van der Waals surface area contributed by atoms with Gasteiger partial charge in [-0.1, -0.05) is 67.5 Å². The van der Waals surface area contributed by atoms with E-state index in [1.54, 1.807) is 0 Å². The Morgan fingerprint density at radius 3 is 2.60 bits per heavy atom. The van der Waals surface area contributed by atoms with Crippen LogP contribution in [-0.2, 0) is 27.4 Å². The SMILES string of the molecule is C[C@@]12CCC[C@H]1CCC=CCc1c(nc3ccccc3c1OCc1ccccc1)O[C@@H]1C[C@@H](C(=O)O)N(C1)C(=O)[C@H](C1CCCC1)NC(=O)O2. The number of aromatic nitrogens is 1. The third-order valence-electron chi connectivity index (χ3n) is 11.2. The molecule has 1 saturated heterocycles. The second kappa shape index (κ2) is 14.7. The molecule has 2 aliphatic carbocycles. The van der Waals surface area contributed by atoms with E-state index in [0.717, 1.165) is 74.3 Å². The minimum atomic E-state index is -1.11. The number of ether oxygens (including phenoxy) is 3. The van der Waals surface area contributed by atoms with Gasteiger partial charge in [0.05, 0.1) is 17.6 Å². The maximum Gasteiger partial charge on any atom is 0.408 e. The van der Waals surface area contributed by atoms with E-state index in [4.69, 9.17) is 19.2 Å². The summed E-state index contributed by atoms with van der Waals surface area (Å²) in [5, 5.41) is 14.1. The van der Waals surface area contributed by atoms with Crippen LogP contribution in [-0.4, -0.2) is 63.3 Å². The topological polar surface area (TPSA) is 127 Å². The summed E-state index contributed by atoms with van der Waals surface area (Å²) in [7, 11) is 0. The zero-order chi connectivity index (χ0) is 34.7. The smallest absolute Gasteiger partial charge is 0.408 e. The standard InChI is InChI=1S/C40H47N3O7/c1-40-22-12-18-28(40)17-6-3-7-20-31-35(48-25-26-13-4-2-5-14-26)30-19-10-11-21-32(30)41-36(31)49-29-23-33(38(45)46)43(24-29)37(44)34(42-39(47)50-40)27-15-8-9-16-27/h2-5,7,10-11,13-14,19,21,27-29,33-34H,6,8-9,12,15-18,20,22-25H2,1H3,(H,42,47)(H,45,46)/t28-,29-,33+,34+,40-/m1/s1. The molecule has 2 aliphatic heterocycles. The first-order chi connectivity index (χ1) is 24.3. The number of hydrogen-bond acceptors (Lipinski definition) is 7. The number of rotatable bonds is 5. The lowest BCUT2D eigenvalue weighted by molar-refractivity contribution is -0.149. The summed E-state index contributed by atoms with van der Waals surface area (Å²) >= 11 is 0. The third kappa shape index (κ3) is 7.16. The van der Waals surface area contributed by atoms with Gasteiger partial charge >= 0.3 is 12.1 Å². The number of carbonyl (C=O) groups excluding carboxylic acids is 2. The van der Waals surface area contributed by atoms with E-state index in [-0.39, 0.29) is 24.8 Å². The Morgan fingerprint density at radius 2 is 1.80 bits per heavy atom. The van der Waals surface area contributed by atoms with Gasteiger partial charge in [-0.3, -0.25) is 4.79 Å². The highest BCUT2D eigenvalue weighted by Crippen LogP contribution is 2.42. The molecule has 4 aliphatic rings. The predicted octanol–water partition coefficient (Wildman–Crippen LogP) is 6.98. The van der Waals surface area contributed by atoms with Crippen LogP contribution in [0, 0.1) is 11.8 Å². The van der Waals surface area contributed by atoms with E-state index < -0.39 is 41.8 Å². The number of carboxylic acid groups (broad SMARTS) is 1. The highest BCUT2D eigenvalue weighted by Gasteiger charge is 2.47. The quantitative estimate of drug-likeness (QED) is 0.276. The summed E-state index contributed by atoms with van der Waals surface area (Å²) in [5.41, 5.74) is 1.86. The normalized spacial score (nSPS) is 27.8. The van der Waals surface area contributed by atoms with Crippen LogP contribution in [0.25, 0.3) is 10.9 Å². The number of allylic oxidation sites excluding steroid dienone is 2.